The first-order valence-corrected chi connectivity index (χ1v) is 15.7. The molecule has 0 radical (unpaired) electrons. The van der Waals surface area contributed by atoms with Crippen LogP contribution in [0.15, 0.2) is 97.3 Å². The van der Waals surface area contributed by atoms with Gasteiger partial charge in [0.15, 0.2) is 0 Å². The van der Waals surface area contributed by atoms with Crippen molar-refractivity contribution < 1.29 is 4.79 Å². The fourth-order valence-corrected chi connectivity index (χ4v) is 5.86. The molecule has 0 unspecified atom stereocenters. The van der Waals surface area contributed by atoms with Gasteiger partial charge in [0.2, 0.25) is 0 Å². The SMILES string of the molecule is Cc1ccc(/C(=C\CN2CCCC2)c2cccc(/C=C/CN(C)C(=O)c3ccc(Cn4c(C)nc5cnccc54)cc3)n2)cc1. The van der Waals surface area contributed by atoms with Crippen molar-refractivity contribution in [2.24, 2.45) is 0 Å². The van der Waals surface area contributed by atoms with Crippen molar-refractivity contribution in [1.82, 2.24) is 29.3 Å². The van der Waals surface area contributed by atoms with Crippen LogP contribution in [0.1, 0.15) is 57.1 Å². The molecular weight excluding hydrogens is 556 g/mol. The highest BCUT2D eigenvalue weighted by Crippen LogP contribution is 2.24. The van der Waals surface area contributed by atoms with Crippen LogP contribution in [0.3, 0.4) is 0 Å². The van der Waals surface area contributed by atoms with Crippen LogP contribution in [0.2, 0.25) is 0 Å². The standard InChI is InChI=1S/C38H40N6O/c1-28-11-15-31(16-12-28)34(20-25-43-23-4-5-24-43)35-10-6-8-33(41-35)9-7-22-42(3)38(45)32-17-13-30(14-18-32)27-44-29(2)40-36-26-39-21-19-37(36)44/h6-21,26H,4-5,22-25,27H2,1-3H3/b9-7+,34-20+. The first-order chi connectivity index (χ1) is 21.9. The van der Waals surface area contributed by atoms with E-state index in [0.717, 1.165) is 59.0 Å². The van der Waals surface area contributed by atoms with Gasteiger partial charge in [-0.1, -0.05) is 60.2 Å². The van der Waals surface area contributed by atoms with E-state index in [-0.39, 0.29) is 5.91 Å². The molecule has 0 N–H and O–H groups in total. The molecule has 0 atom stereocenters. The summed E-state index contributed by atoms with van der Waals surface area (Å²) in [5, 5.41) is 0. The average molecular weight is 597 g/mol. The fraction of sp³-hybridized carbons (Fsp3) is 0.263. The summed E-state index contributed by atoms with van der Waals surface area (Å²) in [4.78, 5) is 31.2. The Kier molecular flexibility index (Phi) is 9.27. The third kappa shape index (κ3) is 7.27. The minimum atomic E-state index is -0.0188. The highest BCUT2D eigenvalue weighted by Gasteiger charge is 2.14. The number of amides is 1. The predicted molar refractivity (Wildman–Crippen MR) is 182 cm³/mol. The molecule has 1 saturated heterocycles. The molecule has 0 bridgehead atoms. The Labute approximate surface area is 265 Å². The molecule has 1 aliphatic heterocycles. The van der Waals surface area contributed by atoms with E-state index in [4.69, 9.17) is 4.98 Å². The van der Waals surface area contributed by atoms with Crippen molar-refractivity contribution in [3.63, 3.8) is 0 Å². The van der Waals surface area contributed by atoms with E-state index in [1.54, 1.807) is 17.3 Å². The van der Waals surface area contributed by atoms with Crippen LogP contribution >= 0.6 is 0 Å². The minimum absolute atomic E-state index is 0.0188. The van der Waals surface area contributed by atoms with E-state index in [2.05, 4.69) is 68.8 Å². The van der Waals surface area contributed by atoms with Gasteiger partial charge in [0.25, 0.3) is 5.91 Å². The van der Waals surface area contributed by atoms with E-state index >= 15 is 0 Å². The summed E-state index contributed by atoms with van der Waals surface area (Å²) < 4.78 is 2.17. The molecule has 0 saturated carbocycles. The summed E-state index contributed by atoms with van der Waals surface area (Å²) in [7, 11) is 1.83. The number of rotatable bonds is 10. The molecule has 1 fully saturated rings. The lowest BCUT2D eigenvalue weighted by atomic mass is 10.00. The maximum Gasteiger partial charge on any atom is 0.253 e. The number of pyridine rings is 2. The van der Waals surface area contributed by atoms with Crippen LogP contribution in [0.25, 0.3) is 22.7 Å². The van der Waals surface area contributed by atoms with Gasteiger partial charge in [0.1, 0.15) is 11.3 Å². The van der Waals surface area contributed by atoms with E-state index < -0.39 is 0 Å². The fourth-order valence-electron chi connectivity index (χ4n) is 5.86. The van der Waals surface area contributed by atoms with Gasteiger partial charge in [-0.05, 0) is 87.3 Å². The zero-order chi connectivity index (χ0) is 31.2. The van der Waals surface area contributed by atoms with Crippen molar-refractivity contribution in [3.8, 4) is 0 Å². The Balaban J connectivity index is 1.10. The number of likely N-dealkylation sites (N-methyl/N-ethyl adjacent to an activating group) is 1. The summed E-state index contributed by atoms with van der Waals surface area (Å²) in [6.07, 6.45) is 12.4. The molecule has 7 nitrogen and oxygen atoms in total. The summed E-state index contributed by atoms with van der Waals surface area (Å²) in [6.45, 7) is 8.52. The van der Waals surface area contributed by atoms with Crippen LogP contribution in [-0.2, 0) is 6.54 Å². The first kappa shape index (κ1) is 30.2. The van der Waals surface area contributed by atoms with Gasteiger partial charge in [0.05, 0.1) is 23.1 Å². The number of hydrogen-bond donors (Lipinski definition) is 0. The number of imidazole rings is 1. The largest absolute Gasteiger partial charge is 0.338 e. The number of likely N-dealkylation sites (tertiary alicyclic amines) is 1. The van der Waals surface area contributed by atoms with Crippen molar-refractivity contribution in [2.75, 3.05) is 33.2 Å². The smallest absolute Gasteiger partial charge is 0.253 e. The van der Waals surface area contributed by atoms with Gasteiger partial charge in [-0.2, -0.15) is 0 Å². The highest BCUT2D eigenvalue weighted by molar-refractivity contribution is 5.94. The van der Waals surface area contributed by atoms with Gasteiger partial charge in [-0.25, -0.2) is 9.97 Å². The second-order valence-corrected chi connectivity index (χ2v) is 11.8. The number of aryl methyl sites for hydroxylation is 2. The van der Waals surface area contributed by atoms with Gasteiger partial charge >= 0.3 is 0 Å². The van der Waals surface area contributed by atoms with Crippen molar-refractivity contribution >= 4 is 28.6 Å². The van der Waals surface area contributed by atoms with Gasteiger partial charge in [-0.15, -0.1) is 0 Å². The molecule has 2 aromatic carbocycles. The second-order valence-electron chi connectivity index (χ2n) is 11.8. The van der Waals surface area contributed by atoms with E-state index in [9.17, 15) is 4.79 Å². The molecule has 228 valence electrons. The normalized spacial score (nSPS) is 14.1. The summed E-state index contributed by atoms with van der Waals surface area (Å²) in [5.74, 6) is 0.920. The van der Waals surface area contributed by atoms with Gasteiger partial charge in [0, 0.05) is 44.0 Å². The molecule has 45 heavy (non-hydrogen) atoms. The minimum Gasteiger partial charge on any atom is -0.338 e. The zero-order valence-electron chi connectivity index (χ0n) is 26.4. The lowest BCUT2D eigenvalue weighted by Crippen LogP contribution is -2.26. The molecule has 6 rings (SSSR count). The molecule has 1 amide bonds. The molecule has 1 aliphatic rings. The first-order valence-electron chi connectivity index (χ1n) is 15.7. The molecular formula is C38H40N6O. The van der Waals surface area contributed by atoms with E-state index in [0.29, 0.717) is 18.7 Å². The van der Waals surface area contributed by atoms with Crippen LogP contribution in [-0.4, -0.2) is 68.5 Å². The van der Waals surface area contributed by atoms with Crippen molar-refractivity contribution in [1.29, 1.82) is 0 Å². The Morgan fingerprint density at radius 2 is 1.67 bits per heavy atom. The third-order valence-corrected chi connectivity index (χ3v) is 8.46. The summed E-state index contributed by atoms with van der Waals surface area (Å²) in [5.41, 5.74) is 9.12. The maximum absolute atomic E-state index is 13.2. The lowest BCUT2D eigenvalue weighted by molar-refractivity contribution is 0.0810. The molecule has 5 aromatic rings. The molecule has 7 heteroatoms. The zero-order valence-corrected chi connectivity index (χ0v) is 26.4. The number of aromatic nitrogens is 4. The quantitative estimate of drug-likeness (QED) is 0.177. The summed E-state index contributed by atoms with van der Waals surface area (Å²) >= 11 is 0. The van der Waals surface area contributed by atoms with Gasteiger partial charge in [-0.3, -0.25) is 14.7 Å². The monoisotopic (exact) mass is 596 g/mol. The number of carbonyl (C=O) groups excluding carboxylic acids is 1. The maximum atomic E-state index is 13.2. The number of benzene rings is 2. The third-order valence-electron chi connectivity index (χ3n) is 8.46. The second kappa shape index (κ2) is 13.8. The number of nitrogens with zero attached hydrogens (tertiary/aromatic N) is 6. The Hall–Kier alpha value is -4.88. The molecule has 3 aromatic heterocycles. The predicted octanol–water partition coefficient (Wildman–Crippen LogP) is 6.80. The molecule has 0 spiro atoms. The average Bonchev–Trinajstić information content (AvgIpc) is 3.69. The van der Waals surface area contributed by atoms with Crippen LogP contribution in [0.5, 0.6) is 0 Å². The Morgan fingerprint density at radius 3 is 2.44 bits per heavy atom. The Morgan fingerprint density at radius 1 is 0.911 bits per heavy atom. The highest BCUT2D eigenvalue weighted by atomic mass is 16.2. The lowest BCUT2D eigenvalue weighted by Gasteiger charge is -2.16. The van der Waals surface area contributed by atoms with E-state index in [1.165, 1.54) is 24.0 Å². The van der Waals surface area contributed by atoms with Gasteiger partial charge < -0.3 is 9.47 Å². The molecule has 0 aliphatic carbocycles. The molecule has 4 heterocycles. The number of carbonyl (C=O) groups is 1. The van der Waals surface area contributed by atoms with Crippen LogP contribution in [0, 0.1) is 13.8 Å². The Bertz CT molecular complexity index is 1830. The van der Waals surface area contributed by atoms with Crippen LogP contribution in [0.4, 0.5) is 0 Å². The van der Waals surface area contributed by atoms with Crippen molar-refractivity contribution in [3.05, 3.63) is 137 Å². The number of fused-ring (bicyclic) bond motifs is 1. The summed E-state index contributed by atoms with van der Waals surface area (Å²) in [6, 6.07) is 24.6. The number of hydrogen-bond acceptors (Lipinski definition) is 5. The van der Waals surface area contributed by atoms with Crippen molar-refractivity contribution in [2.45, 2.75) is 33.2 Å². The van der Waals surface area contributed by atoms with Crippen LogP contribution < -0.4 is 0 Å². The van der Waals surface area contributed by atoms with E-state index in [1.807, 2.05) is 62.5 Å². The topological polar surface area (TPSA) is 67.2 Å².